The number of hydrogen-bond acceptors (Lipinski definition) is 7. The van der Waals surface area contributed by atoms with Gasteiger partial charge in [0.05, 0.1) is 27.5 Å². The summed E-state index contributed by atoms with van der Waals surface area (Å²) >= 11 is 26.1. The summed E-state index contributed by atoms with van der Waals surface area (Å²) in [4.78, 5) is 27.0. The maximum absolute atomic E-state index is 14.3. The molecule has 0 bridgehead atoms. The lowest BCUT2D eigenvalue weighted by molar-refractivity contribution is -0.136. The zero-order chi connectivity index (χ0) is 30.3. The van der Waals surface area contributed by atoms with Gasteiger partial charge in [-0.1, -0.05) is 76.7 Å². The highest BCUT2D eigenvalue weighted by molar-refractivity contribution is 7.95. The molecule has 1 aliphatic heterocycles. The first-order valence-electron chi connectivity index (χ1n) is 12.3. The van der Waals surface area contributed by atoms with Crippen molar-refractivity contribution in [1.82, 2.24) is 4.57 Å². The van der Waals surface area contributed by atoms with Crippen molar-refractivity contribution in [3.8, 4) is 0 Å². The summed E-state index contributed by atoms with van der Waals surface area (Å²) in [6.45, 7) is 1.60. The predicted octanol–water partition coefficient (Wildman–Crippen LogP) is 5.42. The summed E-state index contributed by atoms with van der Waals surface area (Å²) in [5.41, 5.74) is 6.54. The number of benzene rings is 3. The maximum Gasteiger partial charge on any atom is 0.338 e. The molecule has 0 aliphatic carbocycles. The Morgan fingerprint density at radius 3 is 2.26 bits per heavy atom. The Morgan fingerprint density at radius 1 is 1.00 bits per heavy atom. The molecule has 2 heterocycles. The first-order chi connectivity index (χ1) is 19.9. The van der Waals surface area contributed by atoms with Gasteiger partial charge in [-0.15, -0.1) is 11.3 Å². The molecule has 1 aromatic heterocycles. The van der Waals surface area contributed by atoms with E-state index in [4.69, 9.17) is 56.9 Å². The monoisotopic (exact) mass is 680 g/mol. The van der Waals surface area contributed by atoms with Gasteiger partial charge < -0.3 is 10.5 Å². The summed E-state index contributed by atoms with van der Waals surface area (Å²) in [5.74, 6) is -2.54. The standard InChI is InChI=1S/C29H20Cl4N2O5S2/c1-2-40-29(37)24-23(19-11-10-17(31)14-21(19)33)25(42(38,39)18-6-4-3-5-7-18)26(34)35-27(36)22(41-28(24)35)12-15-8-9-16(30)13-20(15)32/h3-14,23H,2,34H2,1H3/b22-12-/t23-/m1/s1. The van der Waals surface area contributed by atoms with Gasteiger partial charge in [0.15, 0.2) is 0 Å². The molecule has 1 aliphatic rings. The predicted molar refractivity (Wildman–Crippen MR) is 168 cm³/mol. The number of nitrogens with zero attached hydrogens (tertiary/aromatic N) is 1. The molecular weight excluding hydrogens is 662 g/mol. The SMILES string of the molecule is CCOC(=O)C1=c2s/c(=C\c3ccc(Cl)cc3Cl)c(=O)n2C(N)=C(S(=O)(=O)c2ccccc2)[C@@H]1c1ccc(Cl)cc1Cl. The molecule has 5 rings (SSSR count). The molecule has 0 unspecified atom stereocenters. The number of esters is 1. The molecule has 0 radical (unpaired) electrons. The van der Waals surface area contributed by atoms with Crippen molar-refractivity contribution in [2.75, 3.05) is 6.61 Å². The number of nitrogens with two attached hydrogens (primary N) is 1. The van der Waals surface area contributed by atoms with Gasteiger partial charge in [-0.05, 0) is 60.5 Å². The van der Waals surface area contributed by atoms with Gasteiger partial charge in [0, 0.05) is 20.1 Å². The van der Waals surface area contributed by atoms with E-state index in [1.165, 1.54) is 42.5 Å². The minimum Gasteiger partial charge on any atom is -0.463 e. The number of fused-ring (bicyclic) bond motifs is 1. The normalized spacial score (nSPS) is 15.6. The Balaban J connectivity index is 1.95. The van der Waals surface area contributed by atoms with E-state index >= 15 is 0 Å². The molecule has 216 valence electrons. The summed E-state index contributed by atoms with van der Waals surface area (Å²) in [6.07, 6.45) is 1.52. The number of aromatic nitrogens is 1. The first kappa shape index (κ1) is 30.4. The first-order valence-corrected chi connectivity index (χ1v) is 16.1. The van der Waals surface area contributed by atoms with Crippen molar-refractivity contribution >= 4 is 91.0 Å². The third-order valence-electron chi connectivity index (χ3n) is 6.46. The number of thiazole rings is 1. The second-order valence-corrected chi connectivity index (χ2v) is 13.7. The van der Waals surface area contributed by atoms with Crippen molar-refractivity contribution in [2.45, 2.75) is 17.7 Å². The van der Waals surface area contributed by atoms with Crippen LogP contribution in [0.2, 0.25) is 20.1 Å². The molecule has 42 heavy (non-hydrogen) atoms. The lowest BCUT2D eigenvalue weighted by atomic mass is 9.89. The van der Waals surface area contributed by atoms with Crippen LogP contribution in [-0.4, -0.2) is 25.6 Å². The van der Waals surface area contributed by atoms with E-state index in [9.17, 15) is 18.0 Å². The van der Waals surface area contributed by atoms with Crippen LogP contribution in [0.1, 0.15) is 24.0 Å². The molecule has 0 saturated heterocycles. The van der Waals surface area contributed by atoms with Gasteiger partial charge in [-0.25, -0.2) is 13.2 Å². The van der Waals surface area contributed by atoms with Crippen molar-refractivity contribution < 1.29 is 17.9 Å². The van der Waals surface area contributed by atoms with Crippen LogP contribution in [-0.2, 0) is 19.4 Å². The molecular formula is C29H20Cl4N2O5S2. The smallest absolute Gasteiger partial charge is 0.338 e. The minimum absolute atomic E-state index is 0.0155. The average Bonchev–Trinajstić information content (AvgIpc) is 3.26. The van der Waals surface area contributed by atoms with Crippen LogP contribution in [0, 0.1) is 0 Å². The molecule has 0 saturated carbocycles. The van der Waals surface area contributed by atoms with E-state index in [0.29, 0.717) is 15.6 Å². The van der Waals surface area contributed by atoms with Crippen LogP contribution in [0.3, 0.4) is 0 Å². The van der Waals surface area contributed by atoms with E-state index in [0.717, 1.165) is 15.9 Å². The maximum atomic E-state index is 14.3. The van der Waals surface area contributed by atoms with Crippen molar-refractivity contribution in [3.63, 3.8) is 0 Å². The van der Waals surface area contributed by atoms with E-state index in [1.807, 2.05) is 0 Å². The van der Waals surface area contributed by atoms with Gasteiger partial charge in [-0.2, -0.15) is 0 Å². The van der Waals surface area contributed by atoms with E-state index in [-0.39, 0.29) is 47.7 Å². The van der Waals surface area contributed by atoms with Crippen LogP contribution in [0.25, 0.3) is 17.5 Å². The van der Waals surface area contributed by atoms with Crippen LogP contribution in [0.5, 0.6) is 0 Å². The third-order valence-corrected chi connectivity index (χ3v) is 10.6. The molecule has 0 fully saturated rings. The zero-order valence-corrected chi connectivity index (χ0v) is 26.3. The molecule has 4 aromatic rings. The van der Waals surface area contributed by atoms with Gasteiger partial charge in [-0.3, -0.25) is 9.36 Å². The molecule has 13 heteroatoms. The highest BCUT2D eigenvalue weighted by atomic mass is 35.5. The molecule has 3 aromatic carbocycles. The fraction of sp³-hybridized carbons (Fsp3) is 0.103. The number of carbonyl (C=O) groups excluding carboxylic acids is 1. The average molecular weight is 682 g/mol. The number of sulfone groups is 1. The van der Waals surface area contributed by atoms with Crippen LogP contribution < -0.4 is 20.5 Å². The number of allylic oxidation sites excluding steroid dienone is 1. The van der Waals surface area contributed by atoms with E-state index in [2.05, 4.69) is 0 Å². The van der Waals surface area contributed by atoms with Gasteiger partial charge in [0.2, 0.25) is 9.84 Å². The van der Waals surface area contributed by atoms with E-state index < -0.39 is 32.2 Å². The Labute approximate surface area is 264 Å². The molecule has 1 atom stereocenters. The number of ether oxygens (including phenoxy) is 1. The summed E-state index contributed by atoms with van der Waals surface area (Å²) < 4.78 is 35.2. The minimum atomic E-state index is -4.40. The Hall–Kier alpha value is -3.05. The van der Waals surface area contributed by atoms with Crippen LogP contribution in [0.15, 0.2) is 81.3 Å². The number of carbonyl (C=O) groups is 1. The Morgan fingerprint density at radius 2 is 1.64 bits per heavy atom. The van der Waals surface area contributed by atoms with Gasteiger partial charge in [0.1, 0.15) is 15.4 Å². The van der Waals surface area contributed by atoms with Crippen LogP contribution in [0.4, 0.5) is 0 Å². The Kier molecular flexibility index (Phi) is 8.63. The van der Waals surface area contributed by atoms with Crippen molar-refractivity contribution in [3.05, 3.63) is 122 Å². The fourth-order valence-electron chi connectivity index (χ4n) is 4.62. The largest absolute Gasteiger partial charge is 0.463 e. The second-order valence-electron chi connectivity index (χ2n) is 9.02. The highest BCUT2D eigenvalue weighted by Gasteiger charge is 2.43. The number of rotatable bonds is 6. The molecule has 0 spiro atoms. The topological polar surface area (TPSA) is 108 Å². The highest BCUT2D eigenvalue weighted by Crippen LogP contribution is 2.44. The third kappa shape index (κ3) is 5.41. The quantitative estimate of drug-likeness (QED) is 0.272. The van der Waals surface area contributed by atoms with E-state index in [1.54, 1.807) is 37.3 Å². The lowest BCUT2D eigenvalue weighted by Gasteiger charge is -2.28. The fourth-order valence-corrected chi connectivity index (χ4v) is 8.45. The van der Waals surface area contributed by atoms with Crippen molar-refractivity contribution in [2.24, 2.45) is 5.73 Å². The number of hydrogen-bond donors (Lipinski definition) is 1. The Bertz CT molecular complexity index is 2070. The lowest BCUT2D eigenvalue weighted by Crippen LogP contribution is -2.41. The zero-order valence-electron chi connectivity index (χ0n) is 21.6. The van der Waals surface area contributed by atoms with Gasteiger partial charge in [0.25, 0.3) is 5.56 Å². The summed E-state index contributed by atoms with van der Waals surface area (Å²) in [7, 11) is -4.40. The molecule has 7 nitrogen and oxygen atoms in total. The summed E-state index contributed by atoms with van der Waals surface area (Å²) in [5, 5.41) is 1.08. The summed E-state index contributed by atoms with van der Waals surface area (Å²) in [6, 6.07) is 16.8. The molecule has 2 N–H and O–H groups in total. The van der Waals surface area contributed by atoms with Crippen LogP contribution >= 0.6 is 57.7 Å². The second kappa shape index (κ2) is 11.9. The van der Waals surface area contributed by atoms with Gasteiger partial charge >= 0.3 is 5.97 Å². The molecule has 0 amide bonds. The van der Waals surface area contributed by atoms with Crippen molar-refractivity contribution in [1.29, 1.82) is 0 Å². The number of halogens is 4.